The topological polar surface area (TPSA) is 99.9 Å². The Morgan fingerprint density at radius 1 is 0.909 bits per heavy atom. The van der Waals surface area contributed by atoms with Gasteiger partial charge in [-0.1, -0.05) is 19.3 Å². The van der Waals surface area contributed by atoms with Crippen molar-refractivity contribution in [3.8, 4) is 0 Å². The third kappa shape index (κ3) is 4.05. The maximum Gasteiger partial charge on any atom is 0.289 e. The lowest BCUT2D eigenvalue weighted by Crippen LogP contribution is -2.46. The number of carbonyl (C=O) groups is 4. The fourth-order valence-corrected chi connectivity index (χ4v) is 5.12. The lowest BCUT2D eigenvalue weighted by Gasteiger charge is -2.31. The van der Waals surface area contributed by atoms with Crippen molar-refractivity contribution in [1.82, 2.24) is 15.1 Å². The van der Waals surface area contributed by atoms with Gasteiger partial charge in [0, 0.05) is 30.7 Å². The largest absolute Gasteiger partial charge is 0.459 e. The summed E-state index contributed by atoms with van der Waals surface area (Å²) in [6.07, 6.45) is 7.63. The second-order valence-electron chi connectivity index (χ2n) is 9.05. The zero-order valence-electron chi connectivity index (χ0n) is 18.4. The number of likely N-dealkylation sites (tertiary alicyclic amines) is 1. The predicted molar refractivity (Wildman–Crippen MR) is 119 cm³/mol. The number of imide groups is 1. The second kappa shape index (κ2) is 8.84. The van der Waals surface area contributed by atoms with Crippen molar-refractivity contribution in [3.05, 3.63) is 59.0 Å². The van der Waals surface area contributed by atoms with E-state index in [9.17, 15) is 19.2 Å². The van der Waals surface area contributed by atoms with Gasteiger partial charge in [0.1, 0.15) is 0 Å². The number of hydrogen-bond acceptors (Lipinski definition) is 5. The van der Waals surface area contributed by atoms with Gasteiger partial charge in [-0.3, -0.25) is 24.1 Å². The molecule has 0 unspecified atom stereocenters. The molecule has 1 aromatic carbocycles. The van der Waals surface area contributed by atoms with Crippen LogP contribution in [0.5, 0.6) is 0 Å². The van der Waals surface area contributed by atoms with Crippen LogP contribution in [0.3, 0.4) is 0 Å². The van der Waals surface area contributed by atoms with Gasteiger partial charge in [-0.25, -0.2) is 0 Å². The standard InChI is InChI=1S/C25H27N3O5/c29-22(26-17-10-12-27(13-11-17)25(32)21-7-4-14-33-21)16-8-9-19-20(15-16)24(31)28(23(19)30)18-5-2-1-3-6-18/h4,7-9,14-15,17-18H,1-3,5-6,10-13H2,(H,26,29). The maximum absolute atomic E-state index is 13.0. The molecular formula is C25H27N3O5. The van der Waals surface area contributed by atoms with Crippen LogP contribution in [0, 0.1) is 0 Å². The molecule has 2 fully saturated rings. The molecule has 8 heteroatoms. The van der Waals surface area contributed by atoms with E-state index in [0.717, 1.165) is 32.1 Å². The van der Waals surface area contributed by atoms with E-state index in [4.69, 9.17) is 4.42 Å². The average Bonchev–Trinajstić information content (AvgIpc) is 3.47. The molecule has 1 aliphatic carbocycles. The number of benzene rings is 1. The zero-order valence-corrected chi connectivity index (χ0v) is 18.4. The van der Waals surface area contributed by atoms with Crippen molar-refractivity contribution in [3.63, 3.8) is 0 Å². The van der Waals surface area contributed by atoms with E-state index >= 15 is 0 Å². The van der Waals surface area contributed by atoms with Gasteiger partial charge in [0.15, 0.2) is 5.76 Å². The van der Waals surface area contributed by atoms with E-state index in [1.165, 1.54) is 11.2 Å². The minimum atomic E-state index is -0.290. The fraction of sp³-hybridized carbons (Fsp3) is 0.440. The zero-order chi connectivity index (χ0) is 22.9. The Labute approximate surface area is 191 Å². The van der Waals surface area contributed by atoms with Crippen LogP contribution in [-0.2, 0) is 0 Å². The number of piperidine rings is 1. The first-order chi connectivity index (χ1) is 16.0. The Balaban J connectivity index is 1.21. The van der Waals surface area contributed by atoms with Crippen LogP contribution in [0.15, 0.2) is 41.0 Å². The summed E-state index contributed by atoms with van der Waals surface area (Å²) >= 11 is 0. The highest BCUT2D eigenvalue weighted by Crippen LogP contribution is 2.31. The summed E-state index contributed by atoms with van der Waals surface area (Å²) in [6.45, 7) is 1.05. The molecule has 0 radical (unpaired) electrons. The van der Waals surface area contributed by atoms with Gasteiger partial charge >= 0.3 is 0 Å². The normalized spacial score (nSPS) is 19.6. The molecule has 0 bridgehead atoms. The van der Waals surface area contributed by atoms with Crippen LogP contribution in [0.25, 0.3) is 0 Å². The summed E-state index contributed by atoms with van der Waals surface area (Å²) in [5.74, 6) is -0.639. The summed E-state index contributed by atoms with van der Waals surface area (Å²) in [4.78, 5) is 54.2. The molecule has 3 aliphatic rings. The van der Waals surface area contributed by atoms with E-state index in [2.05, 4.69) is 5.32 Å². The molecule has 1 aromatic heterocycles. The van der Waals surface area contributed by atoms with E-state index in [0.29, 0.717) is 48.4 Å². The highest BCUT2D eigenvalue weighted by molar-refractivity contribution is 6.22. The minimum absolute atomic E-state index is 0.0440. The van der Waals surface area contributed by atoms with E-state index < -0.39 is 0 Å². The number of amides is 4. The summed E-state index contributed by atoms with van der Waals surface area (Å²) in [6, 6.07) is 7.97. The van der Waals surface area contributed by atoms with Crippen LogP contribution >= 0.6 is 0 Å². The molecule has 33 heavy (non-hydrogen) atoms. The van der Waals surface area contributed by atoms with Gasteiger partial charge in [-0.15, -0.1) is 0 Å². The van der Waals surface area contributed by atoms with Crippen molar-refractivity contribution in [2.45, 2.75) is 57.0 Å². The SMILES string of the molecule is O=C(NC1CCN(C(=O)c2ccco2)CC1)c1ccc2c(c1)C(=O)N(C1CCCCC1)C2=O. The lowest BCUT2D eigenvalue weighted by atomic mass is 9.94. The first-order valence-corrected chi connectivity index (χ1v) is 11.7. The van der Waals surface area contributed by atoms with Crippen molar-refractivity contribution < 1.29 is 23.6 Å². The number of fused-ring (bicyclic) bond motifs is 1. The highest BCUT2D eigenvalue weighted by Gasteiger charge is 2.40. The highest BCUT2D eigenvalue weighted by atomic mass is 16.3. The van der Waals surface area contributed by atoms with E-state index in [1.807, 2.05) is 0 Å². The smallest absolute Gasteiger partial charge is 0.289 e. The Kier molecular flexibility index (Phi) is 5.74. The quantitative estimate of drug-likeness (QED) is 0.723. The molecule has 0 atom stereocenters. The molecule has 3 heterocycles. The number of carbonyl (C=O) groups excluding carboxylic acids is 4. The molecular weight excluding hydrogens is 422 g/mol. The fourth-order valence-electron chi connectivity index (χ4n) is 5.12. The van der Waals surface area contributed by atoms with Crippen LogP contribution in [0.1, 0.15) is 86.6 Å². The Hall–Kier alpha value is -3.42. The Morgan fingerprint density at radius 2 is 1.64 bits per heavy atom. The Bertz CT molecular complexity index is 1080. The molecule has 2 aliphatic heterocycles. The van der Waals surface area contributed by atoms with Crippen molar-refractivity contribution in [2.75, 3.05) is 13.1 Å². The third-order valence-electron chi connectivity index (χ3n) is 6.97. The van der Waals surface area contributed by atoms with Gasteiger partial charge in [-0.05, 0) is 56.0 Å². The van der Waals surface area contributed by atoms with Gasteiger partial charge in [0.25, 0.3) is 23.6 Å². The predicted octanol–water partition coefficient (Wildman–Crippen LogP) is 3.24. The Morgan fingerprint density at radius 3 is 2.33 bits per heavy atom. The average molecular weight is 450 g/mol. The summed E-state index contributed by atoms with van der Waals surface area (Å²) in [7, 11) is 0. The molecule has 2 aromatic rings. The molecule has 0 spiro atoms. The number of furan rings is 1. The lowest BCUT2D eigenvalue weighted by molar-refractivity contribution is 0.0547. The molecule has 1 N–H and O–H groups in total. The number of rotatable bonds is 4. The molecule has 8 nitrogen and oxygen atoms in total. The summed E-state index contributed by atoms with van der Waals surface area (Å²) in [5.41, 5.74) is 1.07. The number of hydrogen-bond donors (Lipinski definition) is 1. The number of nitrogens with one attached hydrogen (secondary N) is 1. The minimum Gasteiger partial charge on any atom is -0.459 e. The van der Waals surface area contributed by atoms with Gasteiger partial charge in [0.05, 0.1) is 17.4 Å². The second-order valence-corrected chi connectivity index (χ2v) is 9.05. The van der Waals surface area contributed by atoms with Crippen LogP contribution in [0.4, 0.5) is 0 Å². The monoisotopic (exact) mass is 449 g/mol. The van der Waals surface area contributed by atoms with Crippen LogP contribution < -0.4 is 5.32 Å². The van der Waals surface area contributed by atoms with Crippen LogP contribution in [0.2, 0.25) is 0 Å². The first kappa shape index (κ1) is 21.4. The van der Waals surface area contributed by atoms with Gasteiger partial charge in [0.2, 0.25) is 0 Å². The van der Waals surface area contributed by atoms with E-state index in [1.54, 1.807) is 35.2 Å². The van der Waals surface area contributed by atoms with Crippen molar-refractivity contribution >= 4 is 23.6 Å². The first-order valence-electron chi connectivity index (χ1n) is 11.7. The molecule has 1 saturated heterocycles. The van der Waals surface area contributed by atoms with Crippen LogP contribution in [-0.4, -0.2) is 58.6 Å². The molecule has 4 amide bonds. The van der Waals surface area contributed by atoms with Crippen molar-refractivity contribution in [2.24, 2.45) is 0 Å². The summed E-state index contributed by atoms with van der Waals surface area (Å²) < 4.78 is 5.18. The number of nitrogens with zero attached hydrogens (tertiary/aromatic N) is 2. The van der Waals surface area contributed by atoms with Gasteiger partial charge < -0.3 is 14.6 Å². The summed E-state index contributed by atoms with van der Waals surface area (Å²) in [5, 5.41) is 3.01. The van der Waals surface area contributed by atoms with Gasteiger partial charge in [-0.2, -0.15) is 0 Å². The van der Waals surface area contributed by atoms with Crippen molar-refractivity contribution in [1.29, 1.82) is 0 Å². The third-order valence-corrected chi connectivity index (χ3v) is 6.97. The molecule has 172 valence electrons. The van der Waals surface area contributed by atoms with E-state index in [-0.39, 0.29) is 35.7 Å². The maximum atomic E-state index is 13.0. The molecule has 1 saturated carbocycles. The molecule has 5 rings (SSSR count).